The highest BCUT2D eigenvalue weighted by molar-refractivity contribution is 5.23. The topological polar surface area (TPSA) is 29.5 Å². The van der Waals surface area contributed by atoms with Gasteiger partial charge in [0.15, 0.2) is 0 Å². The van der Waals surface area contributed by atoms with Crippen LogP contribution in [0.25, 0.3) is 0 Å². The highest BCUT2D eigenvalue weighted by Gasteiger charge is 2.55. The predicted octanol–water partition coefficient (Wildman–Crippen LogP) is 3.92. The number of aliphatic hydroxyl groups excluding tert-OH is 1. The summed E-state index contributed by atoms with van der Waals surface area (Å²) in [5.41, 5.74) is 1.45. The Hall–Kier alpha value is -0.760. The van der Waals surface area contributed by atoms with Gasteiger partial charge in [0.1, 0.15) is 0 Å². The Kier molecular flexibility index (Phi) is 3.83. The lowest BCUT2D eigenvalue weighted by Gasteiger charge is -2.59. The molecule has 0 aromatic carbocycles. The molecule has 4 atom stereocenters. The van der Waals surface area contributed by atoms with Gasteiger partial charge in [-0.05, 0) is 42.1 Å². The third-order valence-corrected chi connectivity index (χ3v) is 5.50. The summed E-state index contributed by atoms with van der Waals surface area (Å²) in [6.45, 7) is 11.2. The van der Waals surface area contributed by atoms with Gasteiger partial charge in [-0.3, -0.25) is 0 Å². The molecule has 0 aromatic heterocycles. The van der Waals surface area contributed by atoms with E-state index in [4.69, 9.17) is 4.74 Å². The Labute approximate surface area is 117 Å². The number of aliphatic hydroxyl groups is 1. The normalized spacial score (nSPS) is 42.2. The minimum Gasteiger partial charge on any atom is -0.505 e. The number of hydrogen-bond acceptors (Lipinski definition) is 2. The summed E-state index contributed by atoms with van der Waals surface area (Å²) in [5.74, 6) is 0.659. The van der Waals surface area contributed by atoms with E-state index in [2.05, 4.69) is 33.4 Å². The fourth-order valence-corrected chi connectivity index (χ4v) is 4.93. The molecule has 2 heteroatoms. The fourth-order valence-electron chi connectivity index (χ4n) is 4.93. The second-order valence-electron chi connectivity index (χ2n) is 7.30. The van der Waals surface area contributed by atoms with Crippen molar-refractivity contribution in [2.24, 2.45) is 22.7 Å². The standard InChI is InChI=1S/C17H28O2/c1-12-11-14(18)15-16(2,3)8-6-9-17(15,4)13(12)7-10-19-5/h7,10,13-15,18H,1,6,8-9,11H2,2-5H3/b10-7+/t13-,14+,15-,17+/m0/s1. The maximum absolute atomic E-state index is 10.6. The molecule has 2 aliphatic rings. The van der Waals surface area contributed by atoms with Crippen LogP contribution in [0.3, 0.4) is 0 Å². The zero-order valence-electron chi connectivity index (χ0n) is 12.8. The van der Waals surface area contributed by atoms with Gasteiger partial charge >= 0.3 is 0 Å². The number of ether oxygens (including phenoxy) is 1. The summed E-state index contributed by atoms with van der Waals surface area (Å²) in [4.78, 5) is 0. The molecule has 19 heavy (non-hydrogen) atoms. The molecule has 2 nitrogen and oxygen atoms in total. The van der Waals surface area contributed by atoms with Crippen LogP contribution in [0.4, 0.5) is 0 Å². The first kappa shape index (κ1) is 14.6. The lowest BCUT2D eigenvalue weighted by Crippen LogP contribution is -2.55. The van der Waals surface area contributed by atoms with Gasteiger partial charge in [-0.15, -0.1) is 0 Å². The summed E-state index contributed by atoms with van der Waals surface area (Å²) in [7, 11) is 1.68. The zero-order chi connectivity index (χ0) is 14.3. The second kappa shape index (κ2) is 4.97. The van der Waals surface area contributed by atoms with Crippen molar-refractivity contribution < 1.29 is 9.84 Å². The quantitative estimate of drug-likeness (QED) is 0.605. The number of hydrogen-bond donors (Lipinski definition) is 1. The van der Waals surface area contributed by atoms with Gasteiger partial charge in [-0.25, -0.2) is 0 Å². The van der Waals surface area contributed by atoms with Crippen LogP contribution in [0.2, 0.25) is 0 Å². The summed E-state index contributed by atoms with van der Waals surface area (Å²) in [5, 5.41) is 10.6. The van der Waals surface area contributed by atoms with Gasteiger partial charge in [-0.2, -0.15) is 0 Å². The lowest BCUT2D eigenvalue weighted by atomic mass is 9.47. The Bertz CT molecular complexity index is 383. The number of fused-ring (bicyclic) bond motifs is 1. The molecular formula is C17H28O2. The van der Waals surface area contributed by atoms with Crippen LogP contribution in [0.1, 0.15) is 46.5 Å². The number of methoxy groups -OCH3 is 1. The van der Waals surface area contributed by atoms with E-state index in [1.807, 2.05) is 0 Å². The van der Waals surface area contributed by atoms with Crippen LogP contribution in [0.15, 0.2) is 24.5 Å². The highest BCUT2D eigenvalue weighted by Crippen LogP contribution is 2.61. The molecule has 0 aliphatic heterocycles. The Morgan fingerprint density at radius 3 is 2.63 bits per heavy atom. The predicted molar refractivity (Wildman–Crippen MR) is 78.6 cm³/mol. The van der Waals surface area contributed by atoms with E-state index in [-0.39, 0.29) is 16.9 Å². The largest absolute Gasteiger partial charge is 0.505 e. The monoisotopic (exact) mass is 264 g/mol. The highest BCUT2D eigenvalue weighted by atomic mass is 16.5. The fraction of sp³-hybridized carbons (Fsp3) is 0.765. The van der Waals surface area contributed by atoms with Crippen LogP contribution in [0.5, 0.6) is 0 Å². The van der Waals surface area contributed by atoms with Crippen molar-refractivity contribution in [3.8, 4) is 0 Å². The van der Waals surface area contributed by atoms with Crippen LogP contribution < -0.4 is 0 Å². The summed E-state index contributed by atoms with van der Waals surface area (Å²) in [6, 6.07) is 0. The smallest absolute Gasteiger partial charge is 0.0790 e. The molecule has 2 saturated carbocycles. The first-order valence-corrected chi connectivity index (χ1v) is 7.38. The van der Waals surface area contributed by atoms with E-state index in [1.54, 1.807) is 13.4 Å². The van der Waals surface area contributed by atoms with Crippen LogP contribution in [0, 0.1) is 22.7 Å². The SMILES string of the molecule is C=C1C[C@@H](O)[C@H]2C(C)(C)CCC[C@]2(C)[C@H]1/C=C/OC. The van der Waals surface area contributed by atoms with E-state index in [0.29, 0.717) is 11.8 Å². The minimum absolute atomic E-state index is 0.103. The molecule has 2 aliphatic carbocycles. The average Bonchev–Trinajstić information content (AvgIpc) is 2.26. The van der Waals surface area contributed by atoms with Gasteiger partial charge in [0.05, 0.1) is 19.5 Å². The van der Waals surface area contributed by atoms with Gasteiger partial charge in [0.25, 0.3) is 0 Å². The third-order valence-electron chi connectivity index (χ3n) is 5.50. The molecule has 0 unspecified atom stereocenters. The van der Waals surface area contributed by atoms with E-state index >= 15 is 0 Å². The van der Waals surface area contributed by atoms with Crippen LogP contribution >= 0.6 is 0 Å². The van der Waals surface area contributed by atoms with Crippen molar-refractivity contribution in [2.75, 3.05) is 7.11 Å². The van der Waals surface area contributed by atoms with E-state index in [9.17, 15) is 5.11 Å². The summed E-state index contributed by atoms with van der Waals surface area (Å²) in [6.07, 6.45) is 7.99. The molecule has 1 N–H and O–H groups in total. The average molecular weight is 264 g/mol. The van der Waals surface area contributed by atoms with Crippen LogP contribution in [-0.4, -0.2) is 18.3 Å². The Morgan fingerprint density at radius 2 is 2.00 bits per heavy atom. The molecule has 2 fully saturated rings. The molecule has 0 heterocycles. The van der Waals surface area contributed by atoms with E-state index in [1.165, 1.54) is 12.8 Å². The molecule has 0 aromatic rings. The molecule has 0 amide bonds. The molecule has 0 saturated heterocycles. The minimum atomic E-state index is -0.250. The van der Waals surface area contributed by atoms with E-state index < -0.39 is 0 Å². The molecule has 108 valence electrons. The van der Waals surface area contributed by atoms with Crippen molar-refractivity contribution in [2.45, 2.75) is 52.6 Å². The lowest BCUT2D eigenvalue weighted by molar-refractivity contribution is -0.111. The first-order valence-electron chi connectivity index (χ1n) is 7.38. The van der Waals surface area contributed by atoms with Gasteiger partial charge < -0.3 is 9.84 Å². The molecule has 2 rings (SSSR count). The molecule has 0 radical (unpaired) electrons. The van der Waals surface area contributed by atoms with Crippen LogP contribution in [-0.2, 0) is 4.74 Å². The molecule has 0 spiro atoms. The first-order chi connectivity index (χ1) is 8.83. The Morgan fingerprint density at radius 1 is 1.32 bits per heavy atom. The van der Waals surface area contributed by atoms with Crippen molar-refractivity contribution in [1.82, 2.24) is 0 Å². The number of rotatable bonds is 2. The van der Waals surface area contributed by atoms with Gasteiger partial charge in [0, 0.05) is 5.92 Å². The van der Waals surface area contributed by atoms with Crippen molar-refractivity contribution in [1.29, 1.82) is 0 Å². The van der Waals surface area contributed by atoms with Crippen molar-refractivity contribution >= 4 is 0 Å². The summed E-state index contributed by atoms with van der Waals surface area (Å²) < 4.78 is 5.11. The maximum Gasteiger partial charge on any atom is 0.0790 e. The van der Waals surface area contributed by atoms with E-state index in [0.717, 1.165) is 18.4 Å². The second-order valence-corrected chi connectivity index (χ2v) is 7.30. The molecular weight excluding hydrogens is 236 g/mol. The van der Waals surface area contributed by atoms with Gasteiger partial charge in [0.2, 0.25) is 0 Å². The van der Waals surface area contributed by atoms with Gasteiger partial charge in [-0.1, -0.05) is 39.3 Å². The summed E-state index contributed by atoms with van der Waals surface area (Å²) >= 11 is 0. The van der Waals surface area contributed by atoms with Crippen molar-refractivity contribution in [3.05, 3.63) is 24.5 Å². The maximum atomic E-state index is 10.6. The number of allylic oxidation sites excluding steroid dienone is 1. The zero-order valence-corrected chi connectivity index (χ0v) is 12.8. The Balaban J connectivity index is 2.41. The third kappa shape index (κ3) is 2.35. The van der Waals surface area contributed by atoms with Crippen molar-refractivity contribution in [3.63, 3.8) is 0 Å². The molecule has 0 bridgehead atoms.